The first-order chi connectivity index (χ1) is 9.30. The summed E-state index contributed by atoms with van der Waals surface area (Å²) < 4.78 is 0.269. The number of carbonyl (C=O) groups is 2. The van der Waals surface area contributed by atoms with Gasteiger partial charge in [-0.15, -0.1) is 0 Å². The number of hydrogen-bond acceptors (Lipinski definition) is 2. The first-order valence-corrected chi connectivity index (χ1v) is 8.19. The molecule has 1 amide bonds. The molecule has 0 saturated carbocycles. The molecule has 1 saturated heterocycles. The number of alkyl halides is 1. The predicted octanol–water partition coefficient (Wildman–Crippen LogP) is 3.93. The molecule has 1 aromatic rings. The second-order valence-corrected chi connectivity index (χ2v) is 8.40. The van der Waals surface area contributed by atoms with Crippen molar-refractivity contribution in [2.24, 2.45) is 5.92 Å². The average molecular weight is 403 g/mol. The predicted molar refractivity (Wildman–Crippen MR) is 87.2 cm³/mol. The molecule has 1 heterocycles. The van der Waals surface area contributed by atoms with Crippen molar-refractivity contribution in [3.63, 3.8) is 0 Å². The van der Waals surface area contributed by atoms with Crippen LogP contribution in [0.2, 0.25) is 0 Å². The summed E-state index contributed by atoms with van der Waals surface area (Å²) in [6, 6.07) is 7.62. The number of Topliss-reactive ketones (excluding diaryl/α,β-unsaturated/α-hetero) is 1. The number of benzene rings is 1. The molecule has 5 heteroatoms. The van der Waals surface area contributed by atoms with E-state index in [-0.39, 0.29) is 11.7 Å². The van der Waals surface area contributed by atoms with Crippen LogP contribution in [0, 0.1) is 5.92 Å². The van der Waals surface area contributed by atoms with Crippen LogP contribution in [0.3, 0.4) is 0 Å². The molecule has 0 unspecified atom stereocenters. The van der Waals surface area contributed by atoms with Crippen molar-refractivity contribution in [2.45, 2.75) is 31.0 Å². The maximum Gasteiger partial charge on any atom is 0.237 e. The normalized spacial score (nSPS) is 20.1. The first-order valence-electron chi connectivity index (χ1n) is 6.61. The van der Waals surface area contributed by atoms with Crippen molar-refractivity contribution in [3.8, 4) is 0 Å². The number of piperidine rings is 1. The van der Waals surface area contributed by atoms with Gasteiger partial charge in [0.15, 0.2) is 5.78 Å². The lowest BCUT2D eigenvalue weighted by Crippen LogP contribution is -2.48. The van der Waals surface area contributed by atoms with Crippen molar-refractivity contribution in [2.75, 3.05) is 11.4 Å². The number of anilines is 1. The van der Waals surface area contributed by atoms with Gasteiger partial charge in [0.1, 0.15) is 0 Å². The summed E-state index contributed by atoms with van der Waals surface area (Å²) in [6.07, 6.45) is 1.48. The fourth-order valence-corrected chi connectivity index (χ4v) is 3.10. The van der Waals surface area contributed by atoms with Crippen molar-refractivity contribution in [1.82, 2.24) is 0 Å². The minimum absolute atomic E-state index is 0.0396. The maximum absolute atomic E-state index is 12.6. The standard InChI is InChI=1S/C15H17Br2NO2/c1-15(2,17)13(19)12-7-4-8-18(14(12)20)11-6-3-5-10(16)9-11/h3,5-6,9,12H,4,7-8H2,1-2H3/t12-/m0/s1. The molecule has 1 fully saturated rings. The molecule has 0 N–H and O–H groups in total. The lowest BCUT2D eigenvalue weighted by molar-refractivity contribution is -0.134. The van der Waals surface area contributed by atoms with Crippen molar-refractivity contribution in [3.05, 3.63) is 28.7 Å². The molecule has 108 valence electrons. The SMILES string of the molecule is CC(C)(Br)C(=O)[C@@H]1CCCN(c2cccc(Br)c2)C1=O. The van der Waals surface area contributed by atoms with Gasteiger partial charge >= 0.3 is 0 Å². The fraction of sp³-hybridized carbons (Fsp3) is 0.467. The minimum Gasteiger partial charge on any atom is -0.312 e. The quantitative estimate of drug-likeness (QED) is 0.567. The molecular weight excluding hydrogens is 386 g/mol. The highest BCUT2D eigenvalue weighted by Gasteiger charge is 2.40. The molecule has 1 aliphatic heterocycles. The highest BCUT2D eigenvalue weighted by atomic mass is 79.9. The van der Waals surface area contributed by atoms with Crippen molar-refractivity contribution >= 4 is 49.2 Å². The van der Waals surface area contributed by atoms with Gasteiger partial charge in [0.2, 0.25) is 5.91 Å². The highest BCUT2D eigenvalue weighted by Crippen LogP contribution is 2.31. The van der Waals surface area contributed by atoms with Gasteiger partial charge in [-0.3, -0.25) is 9.59 Å². The Morgan fingerprint density at radius 3 is 2.70 bits per heavy atom. The summed E-state index contributed by atoms with van der Waals surface area (Å²) in [5.74, 6) is -0.675. The van der Waals surface area contributed by atoms with E-state index < -0.39 is 10.2 Å². The monoisotopic (exact) mass is 401 g/mol. The molecule has 0 spiro atoms. The second-order valence-electron chi connectivity index (χ2n) is 5.50. The molecule has 1 aliphatic rings. The van der Waals surface area contributed by atoms with E-state index in [2.05, 4.69) is 31.9 Å². The van der Waals surface area contributed by atoms with E-state index in [9.17, 15) is 9.59 Å². The van der Waals surface area contributed by atoms with Gasteiger partial charge in [-0.05, 0) is 44.9 Å². The number of halogens is 2. The number of nitrogens with zero attached hydrogens (tertiary/aromatic N) is 1. The zero-order chi connectivity index (χ0) is 14.9. The van der Waals surface area contributed by atoms with Crippen LogP contribution in [0.4, 0.5) is 5.69 Å². The van der Waals surface area contributed by atoms with E-state index in [4.69, 9.17) is 0 Å². The van der Waals surface area contributed by atoms with Crippen molar-refractivity contribution < 1.29 is 9.59 Å². The van der Waals surface area contributed by atoms with Crippen LogP contribution in [0.25, 0.3) is 0 Å². The van der Waals surface area contributed by atoms with Crippen LogP contribution >= 0.6 is 31.9 Å². The molecule has 0 radical (unpaired) electrons. The second kappa shape index (κ2) is 5.98. The number of rotatable bonds is 3. The molecule has 1 atom stereocenters. The van der Waals surface area contributed by atoms with E-state index in [1.165, 1.54) is 0 Å². The van der Waals surface area contributed by atoms with Crippen LogP contribution in [0.5, 0.6) is 0 Å². The zero-order valence-corrected chi connectivity index (χ0v) is 14.7. The summed E-state index contributed by atoms with van der Waals surface area (Å²) in [6.45, 7) is 4.25. The summed E-state index contributed by atoms with van der Waals surface area (Å²) >= 11 is 6.78. The molecule has 20 heavy (non-hydrogen) atoms. The Balaban J connectivity index is 2.25. The van der Waals surface area contributed by atoms with E-state index in [0.29, 0.717) is 13.0 Å². The van der Waals surface area contributed by atoms with Gasteiger partial charge in [0.05, 0.1) is 10.2 Å². The topological polar surface area (TPSA) is 37.4 Å². The number of hydrogen-bond donors (Lipinski definition) is 0. The lowest BCUT2D eigenvalue weighted by atomic mass is 9.87. The van der Waals surface area contributed by atoms with Crippen LogP contribution in [0.1, 0.15) is 26.7 Å². The van der Waals surface area contributed by atoms with Gasteiger partial charge in [0.25, 0.3) is 0 Å². The van der Waals surface area contributed by atoms with Crippen LogP contribution < -0.4 is 4.90 Å². The van der Waals surface area contributed by atoms with Gasteiger partial charge in [-0.25, -0.2) is 0 Å². The molecular formula is C15H17Br2NO2. The fourth-order valence-electron chi connectivity index (χ4n) is 2.43. The Labute approximate surface area is 136 Å². The van der Waals surface area contributed by atoms with Gasteiger partial charge < -0.3 is 4.90 Å². The molecule has 0 bridgehead atoms. The van der Waals surface area contributed by atoms with E-state index >= 15 is 0 Å². The third-order valence-electron chi connectivity index (χ3n) is 3.46. The Kier molecular flexibility index (Phi) is 4.69. The first kappa shape index (κ1) is 15.7. The van der Waals surface area contributed by atoms with Crippen LogP contribution in [0.15, 0.2) is 28.7 Å². The number of carbonyl (C=O) groups excluding carboxylic acids is 2. The summed E-state index contributed by atoms with van der Waals surface area (Å²) in [4.78, 5) is 26.7. The zero-order valence-electron chi connectivity index (χ0n) is 11.5. The Hall–Kier alpha value is -0.680. The molecule has 3 nitrogen and oxygen atoms in total. The molecule has 0 aliphatic carbocycles. The summed E-state index contributed by atoms with van der Waals surface area (Å²) in [5.41, 5.74) is 0.842. The van der Waals surface area contributed by atoms with E-state index in [1.54, 1.807) is 18.7 Å². The van der Waals surface area contributed by atoms with Crippen LogP contribution in [-0.4, -0.2) is 22.6 Å². The Bertz CT molecular complexity index is 537. The Morgan fingerprint density at radius 1 is 1.40 bits per heavy atom. The maximum atomic E-state index is 12.6. The van der Waals surface area contributed by atoms with E-state index in [0.717, 1.165) is 16.6 Å². The molecule has 0 aromatic heterocycles. The number of amides is 1. The largest absolute Gasteiger partial charge is 0.312 e. The summed E-state index contributed by atoms with van der Waals surface area (Å²) in [7, 11) is 0. The average Bonchev–Trinajstić information content (AvgIpc) is 2.37. The summed E-state index contributed by atoms with van der Waals surface area (Å²) in [5, 5.41) is 0. The molecule has 1 aromatic carbocycles. The third-order valence-corrected chi connectivity index (χ3v) is 4.34. The number of ketones is 1. The Morgan fingerprint density at radius 2 is 2.10 bits per heavy atom. The van der Waals surface area contributed by atoms with Crippen LogP contribution in [-0.2, 0) is 9.59 Å². The van der Waals surface area contributed by atoms with Gasteiger partial charge in [-0.1, -0.05) is 37.9 Å². The van der Waals surface area contributed by atoms with E-state index in [1.807, 2.05) is 24.3 Å². The minimum atomic E-state index is -0.659. The van der Waals surface area contributed by atoms with Gasteiger partial charge in [0, 0.05) is 16.7 Å². The third kappa shape index (κ3) is 3.31. The smallest absolute Gasteiger partial charge is 0.237 e. The molecule has 2 rings (SSSR count). The lowest BCUT2D eigenvalue weighted by Gasteiger charge is -2.33. The van der Waals surface area contributed by atoms with Crippen molar-refractivity contribution in [1.29, 1.82) is 0 Å². The van der Waals surface area contributed by atoms with Gasteiger partial charge in [-0.2, -0.15) is 0 Å². The highest BCUT2D eigenvalue weighted by molar-refractivity contribution is 9.10.